The Hall–Kier alpha value is -1.32. The number of carbonyl (C=O) groups excluding carboxylic acids is 1. The Balaban J connectivity index is 0.000000609. The minimum atomic E-state index is -0.282. The van der Waals surface area contributed by atoms with E-state index in [9.17, 15) is 4.79 Å². The first kappa shape index (κ1) is 31.7. The van der Waals surface area contributed by atoms with Crippen LogP contribution in [0.5, 0.6) is 0 Å². The van der Waals surface area contributed by atoms with Crippen molar-refractivity contribution in [2.45, 2.75) is 105 Å². The summed E-state index contributed by atoms with van der Waals surface area (Å²) in [6.07, 6.45) is 5.87. The van der Waals surface area contributed by atoms with Gasteiger partial charge in [0.1, 0.15) is 0 Å². The number of aryl methyl sites for hydroxylation is 1. The number of ether oxygens (including phenoxy) is 1. The fraction of sp³-hybridized carbons (Fsp3) is 0.615. The number of benzene rings is 1. The van der Waals surface area contributed by atoms with Crippen LogP contribution in [0.2, 0.25) is 6.32 Å². The quantitative estimate of drug-likeness (QED) is 0.469. The summed E-state index contributed by atoms with van der Waals surface area (Å²) in [5, 5.41) is 0. The van der Waals surface area contributed by atoms with Crippen LogP contribution >= 0.6 is 0 Å². The average molecular weight is 451 g/mol. The second kappa shape index (κ2) is 14.2. The number of hydrogen-bond donors (Lipinski definition) is 0. The van der Waals surface area contributed by atoms with Gasteiger partial charge in [0, 0.05) is 12.1 Å². The topological polar surface area (TPSA) is 48.0 Å². The van der Waals surface area contributed by atoms with Crippen molar-refractivity contribution in [3.63, 3.8) is 0 Å². The average Bonchev–Trinajstić information content (AvgIpc) is 2.87. The molecule has 7 heteroatoms. The minimum Gasteiger partial charge on any atom is -0.508 e. The monoisotopic (exact) mass is 451 g/mol. The molecule has 0 atom stereocenters. The van der Waals surface area contributed by atoms with E-state index in [1.54, 1.807) is 17.9 Å². The molecule has 1 fully saturated rings. The van der Waals surface area contributed by atoms with Gasteiger partial charge in [0.2, 0.25) is 0 Å². The molecule has 0 spiro atoms. The van der Waals surface area contributed by atoms with Gasteiger partial charge >= 0.3 is 32.1 Å². The number of hydrogen-bond acceptors (Lipinski definition) is 4. The van der Waals surface area contributed by atoms with Gasteiger partial charge in [0.05, 0.1) is 11.2 Å². The summed E-state index contributed by atoms with van der Waals surface area (Å²) < 4.78 is 17.1. The molecular formula is C26H43BLiNO4. The predicted octanol–water partition coefficient (Wildman–Crippen LogP) is 3.70. The van der Waals surface area contributed by atoms with Crippen LogP contribution in [0.1, 0.15) is 74.8 Å². The molecule has 0 aliphatic carbocycles. The summed E-state index contributed by atoms with van der Waals surface area (Å²) in [6.45, 7) is 19.9. The molecule has 2 rings (SSSR count). The molecule has 1 aromatic rings. The zero-order valence-electron chi connectivity index (χ0n) is 22.8. The van der Waals surface area contributed by atoms with Crippen LogP contribution in [0.3, 0.4) is 0 Å². The SMILES string of the molecule is C/C=C/[C-](C)OC(=O)N(C(C)C)C(C)C.CC1(C)OB(CCc2ccccc2)OC1(C)C.[Li+]. The molecule has 0 saturated carbocycles. The van der Waals surface area contributed by atoms with E-state index in [0.29, 0.717) is 6.10 Å². The summed E-state index contributed by atoms with van der Waals surface area (Å²) in [5.41, 5.74) is 0.908. The Bertz CT molecular complexity index is 698. The van der Waals surface area contributed by atoms with E-state index in [2.05, 4.69) is 52.0 Å². The third-order valence-electron chi connectivity index (χ3n) is 5.79. The van der Waals surface area contributed by atoms with Crippen molar-refractivity contribution in [2.75, 3.05) is 0 Å². The number of nitrogens with zero attached hydrogens (tertiary/aromatic N) is 1. The molecule has 0 N–H and O–H groups in total. The van der Waals surface area contributed by atoms with Crippen LogP contribution in [0, 0.1) is 6.10 Å². The standard InChI is InChI=1S/C14H21BO2.C12H22NO2.Li/c1-13(2)14(3,4)17-15(16-13)11-10-12-8-6-5-7-9-12;1-7-8-11(6)15-12(14)13(9(2)3)10(4)5;/h5-9H,10-11H2,1-4H3;7-10H,1-6H3;/q;-1;+1/b;8-7+;. The maximum Gasteiger partial charge on any atom is 1.00 e. The van der Waals surface area contributed by atoms with Crippen LogP contribution in [-0.4, -0.2) is 41.4 Å². The van der Waals surface area contributed by atoms with E-state index in [1.807, 2.05) is 46.8 Å². The Kier molecular flexibility index (Phi) is 13.6. The molecule has 33 heavy (non-hydrogen) atoms. The third-order valence-corrected chi connectivity index (χ3v) is 5.79. The Morgan fingerprint density at radius 3 is 1.97 bits per heavy atom. The fourth-order valence-corrected chi connectivity index (χ4v) is 3.49. The first-order chi connectivity index (χ1) is 14.8. The van der Waals surface area contributed by atoms with Gasteiger partial charge in [-0.1, -0.05) is 37.3 Å². The van der Waals surface area contributed by atoms with E-state index in [0.717, 1.165) is 12.7 Å². The summed E-state index contributed by atoms with van der Waals surface area (Å²) in [6, 6.07) is 10.8. The first-order valence-corrected chi connectivity index (χ1v) is 11.7. The molecule has 1 aliphatic rings. The van der Waals surface area contributed by atoms with Gasteiger partial charge in [0.25, 0.3) is 0 Å². The molecule has 0 unspecified atom stereocenters. The van der Waals surface area contributed by atoms with E-state index in [1.165, 1.54) is 5.56 Å². The summed E-state index contributed by atoms with van der Waals surface area (Å²) in [7, 11) is -0.0831. The van der Waals surface area contributed by atoms with E-state index >= 15 is 0 Å². The van der Waals surface area contributed by atoms with Crippen molar-refractivity contribution in [1.82, 2.24) is 4.90 Å². The summed E-state index contributed by atoms with van der Waals surface area (Å²) in [5.74, 6) is 0. The van der Waals surface area contributed by atoms with Crippen LogP contribution in [0.25, 0.3) is 0 Å². The number of amides is 1. The Morgan fingerprint density at radius 1 is 1.06 bits per heavy atom. The molecule has 1 heterocycles. The van der Waals surface area contributed by atoms with Gasteiger partial charge in [-0.05, 0) is 79.8 Å². The van der Waals surface area contributed by atoms with Crippen molar-refractivity contribution < 1.29 is 37.7 Å². The number of carbonyl (C=O) groups is 1. The van der Waals surface area contributed by atoms with Crippen LogP contribution in [0.15, 0.2) is 42.5 Å². The van der Waals surface area contributed by atoms with Crippen molar-refractivity contribution in [3.8, 4) is 0 Å². The van der Waals surface area contributed by atoms with Crippen molar-refractivity contribution in [2.24, 2.45) is 0 Å². The van der Waals surface area contributed by atoms with E-state index in [4.69, 9.17) is 14.0 Å². The van der Waals surface area contributed by atoms with Crippen molar-refractivity contribution >= 4 is 13.2 Å². The van der Waals surface area contributed by atoms with Crippen LogP contribution in [0.4, 0.5) is 4.79 Å². The molecule has 1 aromatic carbocycles. The second-order valence-electron chi connectivity index (χ2n) is 9.78. The molecular weight excluding hydrogens is 408 g/mol. The van der Waals surface area contributed by atoms with Gasteiger partial charge in [-0.3, -0.25) is 0 Å². The Morgan fingerprint density at radius 2 is 1.55 bits per heavy atom. The predicted molar refractivity (Wildman–Crippen MR) is 133 cm³/mol. The molecule has 5 nitrogen and oxygen atoms in total. The van der Waals surface area contributed by atoms with E-state index in [-0.39, 0.29) is 55.4 Å². The second-order valence-corrected chi connectivity index (χ2v) is 9.78. The maximum absolute atomic E-state index is 11.8. The third kappa shape index (κ3) is 10.2. The molecule has 1 amide bonds. The van der Waals surface area contributed by atoms with Gasteiger partial charge in [-0.25, -0.2) is 10.9 Å². The van der Waals surface area contributed by atoms with Gasteiger partial charge in [-0.15, -0.1) is 6.92 Å². The largest absolute Gasteiger partial charge is 1.00 e. The molecule has 0 aromatic heterocycles. The zero-order chi connectivity index (χ0) is 24.5. The zero-order valence-corrected chi connectivity index (χ0v) is 22.8. The number of rotatable bonds is 7. The Labute approximate surface area is 214 Å². The first-order valence-electron chi connectivity index (χ1n) is 11.7. The minimum absolute atomic E-state index is 0. The molecule has 1 saturated heterocycles. The molecule has 0 radical (unpaired) electrons. The fourth-order valence-electron chi connectivity index (χ4n) is 3.49. The smallest absolute Gasteiger partial charge is 0.508 e. The summed E-state index contributed by atoms with van der Waals surface area (Å²) >= 11 is 0. The molecule has 180 valence electrons. The van der Waals surface area contributed by atoms with Gasteiger partial charge < -0.3 is 18.9 Å². The van der Waals surface area contributed by atoms with E-state index < -0.39 is 0 Å². The van der Waals surface area contributed by atoms with Crippen LogP contribution < -0.4 is 18.9 Å². The van der Waals surface area contributed by atoms with Gasteiger partial charge in [-0.2, -0.15) is 6.08 Å². The normalized spacial score (nSPS) is 16.3. The summed E-state index contributed by atoms with van der Waals surface area (Å²) in [4.78, 5) is 13.5. The van der Waals surface area contributed by atoms with Crippen molar-refractivity contribution in [3.05, 3.63) is 54.2 Å². The van der Waals surface area contributed by atoms with Crippen LogP contribution in [-0.2, 0) is 20.5 Å². The molecule has 0 bridgehead atoms. The van der Waals surface area contributed by atoms with Gasteiger partial charge in [0.15, 0.2) is 0 Å². The number of allylic oxidation sites excluding steroid dienone is 1. The van der Waals surface area contributed by atoms with Crippen molar-refractivity contribution in [1.29, 1.82) is 0 Å². The molecule has 1 aliphatic heterocycles. The maximum atomic E-state index is 11.8.